The minimum Gasteiger partial charge on any atom is -0.375 e. The first kappa shape index (κ1) is 18.1. The molecular weight excluding hydrogens is 370 g/mol. The van der Waals surface area contributed by atoms with Gasteiger partial charge in [0.25, 0.3) is 0 Å². The van der Waals surface area contributed by atoms with E-state index in [0.717, 1.165) is 23.8 Å². The molecule has 29 heavy (non-hydrogen) atoms. The van der Waals surface area contributed by atoms with Gasteiger partial charge in [-0.15, -0.1) is 0 Å². The van der Waals surface area contributed by atoms with E-state index in [9.17, 15) is 4.79 Å². The van der Waals surface area contributed by atoms with Gasteiger partial charge in [-0.25, -0.2) is 4.79 Å². The predicted molar refractivity (Wildman–Crippen MR) is 107 cm³/mol. The topological polar surface area (TPSA) is 85.6 Å². The first-order chi connectivity index (χ1) is 14.2. The second-order valence-electron chi connectivity index (χ2n) is 7.76. The van der Waals surface area contributed by atoms with Gasteiger partial charge in [-0.1, -0.05) is 41.6 Å². The summed E-state index contributed by atoms with van der Waals surface area (Å²) in [4.78, 5) is 12.1. The fourth-order valence-electron chi connectivity index (χ4n) is 3.89. The Morgan fingerprint density at radius 1 is 1.10 bits per heavy atom. The van der Waals surface area contributed by atoms with Gasteiger partial charge in [0.05, 0.1) is 25.9 Å². The molecule has 2 saturated heterocycles. The third-order valence-electron chi connectivity index (χ3n) is 5.58. The highest BCUT2D eigenvalue weighted by molar-refractivity contribution is 5.86. The van der Waals surface area contributed by atoms with Crippen LogP contribution in [0.2, 0.25) is 0 Å². The molecule has 7 nitrogen and oxygen atoms in total. The monoisotopic (exact) mass is 393 g/mol. The number of hydrogen-bond donors (Lipinski definition) is 2. The molecule has 1 aromatic heterocycles. The molecule has 5 rings (SSSR count). The van der Waals surface area contributed by atoms with E-state index in [1.54, 1.807) is 0 Å². The highest BCUT2D eigenvalue weighted by atomic mass is 16.6. The lowest BCUT2D eigenvalue weighted by Gasteiger charge is -2.37. The summed E-state index contributed by atoms with van der Waals surface area (Å²) >= 11 is 0. The molecule has 2 N–H and O–H groups in total. The van der Waals surface area contributed by atoms with Crippen LogP contribution in [0.25, 0.3) is 22.1 Å². The molecule has 1 unspecified atom stereocenters. The minimum absolute atomic E-state index is 0.0520. The number of amides is 2. The molecule has 2 aliphatic heterocycles. The van der Waals surface area contributed by atoms with Gasteiger partial charge in [-0.05, 0) is 29.7 Å². The zero-order valence-electron chi connectivity index (χ0n) is 16.0. The van der Waals surface area contributed by atoms with Gasteiger partial charge in [0.2, 0.25) is 0 Å². The standard InChI is InChI=1S/C22H23N3O4/c26-21(24-12-19-7-8-22(28-19)13-27-14-22)23-11-18-10-20(29-25-18)17-6-5-15-3-1-2-4-16(15)9-17/h1-6,9-10,19H,7-8,11-14H2,(H2,23,24,26). The lowest BCUT2D eigenvalue weighted by molar-refractivity contribution is -0.199. The van der Waals surface area contributed by atoms with Crippen molar-refractivity contribution in [1.29, 1.82) is 0 Å². The molecule has 0 saturated carbocycles. The molecular formula is C22H23N3O4. The van der Waals surface area contributed by atoms with Gasteiger partial charge >= 0.3 is 6.03 Å². The van der Waals surface area contributed by atoms with Crippen LogP contribution in [-0.4, -0.2) is 42.7 Å². The van der Waals surface area contributed by atoms with Crippen LogP contribution in [0.3, 0.4) is 0 Å². The van der Waals surface area contributed by atoms with Crippen LogP contribution in [0.15, 0.2) is 53.1 Å². The number of benzene rings is 2. The number of carbonyl (C=O) groups is 1. The average molecular weight is 393 g/mol. The van der Waals surface area contributed by atoms with E-state index < -0.39 is 0 Å². The van der Waals surface area contributed by atoms with Gasteiger partial charge in [0.15, 0.2) is 5.76 Å². The summed E-state index contributed by atoms with van der Waals surface area (Å²) in [6.45, 7) is 2.13. The first-order valence-corrected chi connectivity index (χ1v) is 9.91. The number of ether oxygens (including phenoxy) is 2. The fraction of sp³-hybridized carbons (Fsp3) is 0.364. The third-order valence-corrected chi connectivity index (χ3v) is 5.58. The highest BCUT2D eigenvalue weighted by Crippen LogP contribution is 2.36. The second-order valence-corrected chi connectivity index (χ2v) is 7.76. The Hall–Kier alpha value is -2.90. The van der Waals surface area contributed by atoms with Crippen molar-refractivity contribution < 1.29 is 18.8 Å². The van der Waals surface area contributed by atoms with Crippen molar-refractivity contribution in [3.05, 3.63) is 54.2 Å². The van der Waals surface area contributed by atoms with Crippen LogP contribution in [0.5, 0.6) is 0 Å². The zero-order valence-corrected chi connectivity index (χ0v) is 16.0. The Morgan fingerprint density at radius 3 is 2.76 bits per heavy atom. The van der Waals surface area contributed by atoms with E-state index in [1.165, 1.54) is 5.39 Å². The number of fused-ring (bicyclic) bond motifs is 1. The van der Waals surface area contributed by atoms with Crippen LogP contribution in [0.4, 0.5) is 4.79 Å². The number of nitrogens with one attached hydrogen (secondary N) is 2. The van der Waals surface area contributed by atoms with E-state index in [2.05, 4.69) is 40.1 Å². The Bertz CT molecular complexity index is 1030. The fourth-order valence-corrected chi connectivity index (χ4v) is 3.89. The van der Waals surface area contributed by atoms with Gasteiger partial charge in [0.1, 0.15) is 11.3 Å². The van der Waals surface area contributed by atoms with Crippen molar-refractivity contribution in [2.75, 3.05) is 19.8 Å². The quantitative estimate of drug-likeness (QED) is 0.695. The Morgan fingerprint density at radius 2 is 1.97 bits per heavy atom. The maximum Gasteiger partial charge on any atom is 0.315 e. The van der Waals surface area contributed by atoms with Gasteiger partial charge in [0, 0.05) is 18.2 Å². The highest BCUT2D eigenvalue weighted by Gasteiger charge is 2.46. The molecule has 2 fully saturated rings. The van der Waals surface area contributed by atoms with E-state index in [0.29, 0.717) is 37.8 Å². The molecule has 2 aliphatic rings. The van der Waals surface area contributed by atoms with E-state index in [1.807, 2.05) is 24.3 Å². The van der Waals surface area contributed by atoms with Crippen LogP contribution >= 0.6 is 0 Å². The van der Waals surface area contributed by atoms with Crippen molar-refractivity contribution in [2.45, 2.75) is 31.1 Å². The Kier molecular flexibility index (Phi) is 4.69. The van der Waals surface area contributed by atoms with Gasteiger partial charge in [-0.2, -0.15) is 0 Å². The van der Waals surface area contributed by atoms with Crippen LogP contribution in [0, 0.1) is 0 Å². The lowest BCUT2D eigenvalue weighted by Crippen LogP contribution is -2.50. The molecule has 3 aromatic rings. The third kappa shape index (κ3) is 3.83. The van der Waals surface area contributed by atoms with Crippen molar-refractivity contribution in [1.82, 2.24) is 15.8 Å². The number of rotatable bonds is 5. The van der Waals surface area contributed by atoms with E-state index in [-0.39, 0.29) is 17.7 Å². The Balaban J connectivity index is 1.12. The summed E-state index contributed by atoms with van der Waals surface area (Å²) in [6.07, 6.45) is 2.00. The number of hydrogen-bond acceptors (Lipinski definition) is 5. The van der Waals surface area contributed by atoms with Crippen LogP contribution in [0.1, 0.15) is 18.5 Å². The Labute approximate surface area is 168 Å². The molecule has 3 heterocycles. The second kappa shape index (κ2) is 7.50. The summed E-state index contributed by atoms with van der Waals surface area (Å²) < 4.78 is 16.7. The first-order valence-electron chi connectivity index (χ1n) is 9.91. The van der Waals surface area contributed by atoms with E-state index >= 15 is 0 Å². The molecule has 0 radical (unpaired) electrons. The largest absolute Gasteiger partial charge is 0.375 e. The number of carbonyl (C=O) groups excluding carboxylic acids is 1. The molecule has 1 spiro atoms. The summed E-state index contributed by atoms with van der Waals surface area (Å²) in [7, 11) is 0. The molecule has 7 heteroatoms. The van der Waals surface area contributed by atoms with Gasteiger partial charge in [-0.3, -0.25) is 0 Å². The molecule has 0 aliphatic carbocycles. The maximum absolute atomic E-state index is 12.1. The van der Waals surface area contributed by atoms with Crippen LogP contribution < -0.4 is 10.6 Å². The van der Waals surface area contributed by atoms with Crippen molar-refractivity contribution in [2.24, 2.45) is 0 Å². The molecule has 1 atom stereocenters. The lowest BCUT2D eigenvalue weighted by atomic mass is 9.98. The molecule has 0 bridgehead atoms. The number of urea groups is 1. The van der Waals surface area contributed by atoms with Crippen molar-refractivity contribution in [3.8, 4) is 11.3 Å². The number of aromatic nitrogens is 1. The van der Waals surface area contributed by atoms with Crippen LogP contribution in [-0.2, 0) is 16.0 Å². The van der Waals surface area contributed by atoms with Crippen molar-refractivity contribution >= 4 is 16.8 Å². The summed E-state index contributed by atoms with van der Waals surface area (Å²) in [6, 6.07) is 15.9. The zero-order chi connectivity index (χ0) is 19.7. The van der Waals surface area contributed by atoms with Crippen molar-refractivity contribution in [3.63, 3.8) is 0 Å². The minimum atomic E-state index is -0.241. The number of nitrogens with zero attached hydrogens (tertiary/aromatic N) is 1. The molecule has 2 amide bonds. The summed E-state index contributed by atoms with van der Waals surface area (Å²) in [5, 5.41) is 12.1. The normalized spacial score (nSPS) is 19.9. The predicted octanol–water partition coefficient (Wildman–Crippen LogP) is 3.24. The van der Waals surface area contributed by atoms with Gasteiger partial charge < -0.3 is 24.6 Å². The average Bonchev–Trinajstić information content (AvgIpc) is 3.38. The smallest absolute Gasteiger partial charge is 0.315 e. The summed E-state index contributed by atoms with van der Waals surface area (Å²) in [5.74, 6) is 0.681. The summed E-state index contributed by atoms with van der Waals surface area (Å²) in [5.41, 5.74) is 1.54. The SMILES string of the molecule is O=C(NCc1cc(-c2ccc3ccccc3c2)on1)NCC1CCC2(COC2)O1. The molecule has 2 aromatic carbocycles. The van der Waals surface area contributed by atoms with E-state index in [4.69, 9.17) is 14.0 Å². The molecule has 150 valence electrons. The maximum atomic E-state index is 12.1.